The first-order valence-corrected chi connectivity index (χ1v) is 6.51. The number of rotatable bonds is 4. The van der Waals surface area contributed by atoms with Crippen molar-refractivity contribution in [1.29, 1.82) is 0 Å². The third-order valence-electron chi connectivity index (χ3n) is 2.74. The molecule has 0 spiro atoms. The van der Waals surface area contributed by atoms with Crippen LogP contribution in [0.3, 0.4) is 0 Å². The van der Waals surface area contributed by atoms with E-state index < -0.39 is 5.82 Å². The normalized spacial score (nSPS) is 10.4. The Kier molecular flexibility index (Phi) is 4.57. The lowest BCUT2D eigenvalue weighted by molar-refractivity contribution is 0.386. The van der Waals surface area contributed by atoms with E-state index in [0.717, 1.165) is 0 Å². The van der Waals surface area contributed by atoms with Crippen molar-refractivity contribution in [2.45, 2.75) is 6.54 Å². The number of hydrogen-bond donors (Lipinski definition) is 2. The van der Waals surface area contributed by atoms with Gasteiger partial charge in [-0.3, -0.25) is 0 Å². The van der Waals surface area contributed by atoms with E-state index in [1.54, 1.807) is 12.1 Å². The molecule has 2 aromatic carbocycles. The van der Waals surface area contributed by atoms with Crippen molar-refractivity contribution in [3.05, 3.63) is 51.8 Å². The van der Waals surface area contributed by atoms with Gasteiger partial charge in [-0.15, -0.1) is 0 Å². The molecule has 20 heavy (non-hydrogen) atoms. The molecule has 3 nitrogen and oxygen atoms in total. The van der Waals surface area contributed by atoms with Crippen LogP contribution in [0.5, 0.6) is 11.5 Å². The number of ether oxygens (including phenoxy) is 1. The summed E-state index contributed by atoms with van der Waals surface area (Å²) < 4.78 is 18.4. The maximum absolute atomic E-state index is 13.5. The molecule has 6 heteroatoms. The molecule has 106 valence electrons. The van der Waals surface area contributed by atoms with Gasteiger partial charge in [0.25, 0.3) is 0 Å². The average Bonchev–Trinajstić information content (AvgIpc) is 2.41. The van der Waals surface area contributed by atoms with E-state index in [1.165, 1.54) is 25.3 Å². The molecule has 0 radical (unpaired) electrons. The molecule has 2 aromatic rings. The Morgan fingerprint density at radius 2 is 2.00 bits per heavy atom. The third kappa shape index (κ3) is 3.26. The van der Waals surface area contributed by atoms with E-state index in [0.29, 0.717) is 16.3 Å². The molecule has 0 saturated carbocycles. The summed E-state index contributed by atoms with van der Waals surface area (Å²) in [7, 11) is 1.40. The van der Waals surface area contributed by atoms with Gasteiger partial charge in [0, 0.05) is 28.9 Å². The number of methoxy groups -OCH3 is 1. The van der Waals surface area contributed by atoms with Gasteiger partial charge in [0.2, 0.25) is 0 Å². The van der Waals surface area contributed by atoms with E-state index in [1.807, 2.05) is 0 Å². The van der Waals surface area contributed by atoms with Gasteiger partial charge in [-0.1, -0.05) is 23.2 Å². The van der Waals surface area contributed by atoms with Crippen molar-refractivity contribution in [3.8, 4) is 11.5 Å². The van der Waals surface area contributed by atoms with Crippen LogP contribution in [-0.2, 0) is 6.54 Å². The molecule has 0 saturated heterocycles. The summed E-state index contributed by atoms with van der Waals surface area (Å²) in [4.78, 5) is 0. The first kappa shape index (κ1) is 14.8. The molecular weight excluding hydrogens is 304 g/mol. The van der Waals surface area contributed by atoms with Crippen LogP contribution in [0.15, 0.2) is 30.3 Å². The quantitative estimate of drug-likeness (QED) is 0.875. The fraction of sp³-hybridized carbons (Fsp3) is 0.143. The second-order valence-electron chi connectivity index (χ2n) is 4.10. The standard InChI is InChI=1S/C14H12Cl2FNO2/c1-20-13-3-2-10(6-12(13)17)18-7-8-4-9(15)5-11(16)14(8)19/h2-6,18-19H,7H2,1H3. The largest absolute Gasteiger partial charge is 0.506 e. The molecule has 0 aliphatic heterocycles. The number of halogens is 3. The van der Waals surface area contributed by atoms with Crippen LogP contribution in [0.4, 0.5) is 10.1 Å². The molecule has 0 heterocycles. The molecule has 0 bridgehead atoms. The lowest BCUT2D eigenvalue weighted by Crippen LogP contribution is -2.01. The van der Waals surface area contributed by atoms with Gasteiger partial charge in [-0.2, -0.15) is 0 Å². The van der Waals surface area contributed by atoms with E-state index >= 15 is 0 Å². The summed E-state index contributed by atoms with van der Waals surface area (Å²) in [5, 5.41) is 13.4. The minimum atomic E-state index is -0.467. The second kappa shape index (κ2) is 6.20. The van der Waals surface area contributed by atoms with E-state index in [2.05, 4.69) is 5.32 Å². The molecule has 0 unspecified atom stereocenters. The molecule has 2 N–H and O–H groups in total. The minimum absolute atomic E-state index is 0.0439. The summed E-state index contributed by atoms with van der Waals surface area (Å²) in [5.41, 5.74) is 1.08. The van der Waals surface area contributed by atoms with Crippen molar-refractivity contribution in [2.75, 3.05) is 12.4 Å². The van der Waals surface area contributed by atoms with E-state index in [4.69, 9.17) is 27.9 Å². The Bertz CT molecular complexity index is 635. The Labute approximate surface area is 125 Å². The van der Waals surface area contributed by atoms with Crippen molar-refractivity contribution in [2.24, 2.45) is 0 Å². The van der Waals surface area contributed by atoms with E-state index in [9.17, 15) is 9.50 Å². The predicted molar refractivity (Wildman–Crippen MR) is 78.4 cm³/mol. The molecule has 2 rings (SSSR count). The van der Waals surface area contributed by atoms with Crippen LogP contribution < -0.4 is 10.1 Å². The first-order chi connectivity index (χ1) is 9.51. The zero-order chi connectivity index (χ0) is 14.7. The van der Waals surface area contributed by atoms with Gasteiger partial charge in [0.1, 0.15) is 5.75 Å². The minimum Gasteiger partial charge on any atom is -0.506 e. The van der Waals surface area contributed by atoms with Crippen molar-refractivity contribution < 1.29 is 14.2 Å². The highest BCUT2D eigenvalue weighted by atomic mass is 35.5. The van der Waals surface area contributed by atoms with Crippen molar-refractivity contribution in [3.63, 3.8) is 0 Å². The van der Waals surface area contributed by atoms with Crippen LogP contribution in [-0.4, -0.2) is 12.2 Å². The topological polar surface area (TPSA) is 41.5 Å². The smallest absolute Gasteiger partial charge is 0.167 e. The summed E-state index contributed by atoms with van der Waals surface area (Å²) in [5.74, 6) is -0.340. The van der Waals surface area contributed by atoms with Gasteiger partial charge in [0.05, 0.1) is 12.1 Å². The molecule has 0 aliphatic carbocycles. The number of hydrogen-bond acceptors (Lipinski definition) is 3. The van der Waals surface area contributed by atoms with Gasteiger partial charge in [-0.05, 0) is 24.3 Å². The Morgan fingerprint density at radius 3 is 2.65 bits per heavy atom. The highest BCUT2D eigenvalue weighted by Gasteiger charge is 2.08. The van der Waals surface area contributed by atoms with Crippen molar-refractivity contribution in [1.82, 2.24) is 0 Å². The Balaban J connectivity index is 2.15. The lowest BCUT2D eigenvalue weighted by Gasteiger charge is -2.11. The third-order valence-corrected chi connectivity index (χ3v) is 3.25. The molecule has 0 fully saturated rings. The fourth-order valence-electron chi connectivity index (χ4n) is 1.73. The number of phenolic OH excluding ortho intramolecular Hbond substituents is 1. The molecule has 0 aliphatic rings. The Hall–Kier alpha value is -1.65. The maximum atomic E-state index is 13.5. The zero-order valence-corrected chi connectivity index (χ0v) is 12.1. The first-order valence-electron chi connectivity index (χ1n) is 5.75. The molecule has 0 aromatic heterocycles. The second-order valence-corrected chi connectivity index (χ2v) is 4.94. The highest BCUT2D eigenvalue weighted by Crippen LogP contribution is 2.31. The lowest BCUT2D eigenvalue weighted by atomic mass is 10.2. The number of anilines is 1. The summed E-state index contributed by atoms with van der Waals surface area (Å²) in [6.07, 6.45) is 0. The predicted octanol–water partition coefficient (Wildman–Crippen LogP) is 4.46. The number of phenols is 1. The van der Waals surface area contributed by atoms with Crippen molar-refractivity contribution >= 4 is 28.9 Å². The van der Waals surface area contributed by atoms with Gasteiger partial charge in [0.15, 0.2) is 11.6 Å². The maximum Gasteiger partial charge on any atom is 0.167 e. The van der Waals surface area contributed by atoms with Gasteiger partial charge < -0.3 is 15.2 Å². The number of nitrogens with one attached hydrogen (secondary N) is 1. The Morgan fingerprint density at radius 1 is 1.25 bits per heavy atom. The molecule has 0 amide bonds. The SMILES string of the molecule is COc1ccc(NCc2cc(Cl)cc(Cl)c2O)cc1F. The van der Waals surface area contributed by atoms with Gasteiger partial charge in [-0.25, -0.2) is 4.39 Å². The average molecular weight is 316 g/mol. The molecular formula is C14H12Cl2FNO2. The highest BCUT2D eigenvalue weighted by molar-refractivity contribution is 6.35. The number of aromatic hydroxyl groups is 1. The van der Waals surface area contributed by atoms with Gasteiger partial charge >= 0.3 is 0 Å². The van der Waals surface area contributed by atoms with Crippen LogP contribution in [0, 0.1) is 5.82 Å². The summed E-state index contributed by atoms with van der Waals surface area (Å²) in [6.45, 7) is 0.262. The summed E-state index contributed by atoms with van der Waals surface area (Å²) >= 11 is 11.7. The van der Waals surface area contributed by atoms with Crippen LogP contribution in [0.1, 0.15) is 5.56 Å². The monoisotopic (exact) mass is 315 g/mol. The summed E-state index contributed by atoms with van der Waals surface area (Å²) in [6, 6.07) is 7.54. The zero-order valence-electron chi connectivity index (χ0n) is 10.6. The van der Waals surface area contributed by atoms with Crippen LogP contribution >= 0.6 is 23.2 Å². The van der Waals surface area contributed by atoms with Crippen LogP contribution in [0.25, 0.3) is 0 Å². The fourth-order valence-corrected chi connectivity index (χ4v) is 2.26. The molecule has 0 atom stereocenters. The van der Waals surface area contributed by atoms with E-state index in [-0.39, 0.29) is 23.1 Å². The van der Waals surface area contributed by atoms with Crippen LogP contribution in [0.2, 0.25) is 10.0 Å². The number of benzene rings is 2.